The molecule has 4 atom stereocenters. The first-order chi connectivity index (χ1) is 8.22. The van der Waals surface area contributed by atoms with Gasteiger partial charge in [0.25, 0.3) is 0 Å². The van der Waals surface area contributed by atoms with Gasteiger partial charge in [-0.15, -0.1) is 0 Å². The molecule has 1 aromatic rings. The molecule has 0 aromatic carbocycles. The number of fused-ring (bicyclic) bond motifs is 2. The third-order valence-corrected chi connectivity index (χ3v) is 4.48. The van der Waals surface area contributed by atoms with Gasteiger partial charge < -0.3 is 11.1 Å². The maximum absolute atomic E-state index is 5.53. The molecule has 0 aliphatic heterocycles. The molecule has 4 heteroatoms. The predicted molar refractivity (Wildman–Crippen MR) is 68.5 cm³/mol. The SMILES string of the molecule is CC(Nc1cnc(N)cn1)C1CC2CCC1C2. The molecule has 3 rings (SSSR count). The molecule has 92 valence electrons. The van der Waals surface area contributed by atoms with Gasteiger partial charge in [-0.3, -0.25) is 0 Å². The van der Waals surface area contributed by atoms with Crippen LogP contribution < -0.4 is 11.1 Å². The second kappa shape index (κ2) is 4.17. The highest BCUT2D eigenvalue weighted by Gasteiger charge is 2.41. The van der Waals surface area contributed by atoms with E-state index < -0.39 is 0 Å². The molecule has 0 amide bonds. The first-order valence-electron chi connectivity index (χ1n) is 6.56. The lowest BCUT2D eigenvalue weighted by molar-refractivity contribution is 0.304. The fraction of sp³-hybridized carbons (Fsp3) is 0.692. The molecule has 0 saturated heterocycles. The molecule has 1 heterocycles. The molecule has 4 nitrogen and oxygen atoms in total. The summed E-state index contributed by atoms with van der Waals surface area (Å²) in [4.78, 5) is 8.31. The normalized spacial score (nSPS) is 32.6. The van der Waals surface area contributed by atoms with Gasteiger partial charge in [0.05, 0.1) is 12.4 Å². The summed E-state index contributed by atoms with van der Waals surface area (Å²) in [6.07, 6.45) is 9.05. The topological polar surface area (TPSA) is 63.8 Å². The molecule has 2 aliphatic rings. The Hall–Kier alpha value is -1.32. The van der Waals surface area contributed by atoms with Crippen molar-refractivity contribution in [1.29, 1.82) is 0 Å². The van der Waals surface area contributed by atoms with Gasteiger partial charge in [-0.05, 0) is 43.9 Å². The van der Waals surface area contributed by atoms with Crippen LogP contribution in [0.2, 0.25) is 0 Å². The molecule has 2 aliphatic carbocycles. The van der Waals surface area contributed by atoms with E-state index in [1.54, 1.807) is 12.4 Å². The van der Waals surface area contributed by atoms with Gasteiger partial charge in [-0.25, -0.2) is 9.97 Å². The number of rotatable bonds is 3. The Morgan fingerprint density at radius 2 is 2.18 bits per heavy atom. The minimum atomic E-state index is 0.475. The van der Waals surface area contributed by atoms with Crippen LogP contribution in [-0.2, 0) is 0 Å². The summed E-state index contributed by atoms with van der Waals surface area (Å²) in [7, 11) is 0. The Balaban J connectivity index is 1.63. The van der Waals surface area contributed by atoms with Gasteiger partial charge in [0, 0.05) is 6.04 Å². The largest absolute Gasteiger partial charge is 0.382 e. The Labute approximate surface area is 102 Å². The second-order valence-corrected chi connectivity index (χ2v) is 5.60. The predicted octanol–water partition coefficient (Wildman–Crippen LogP) is 2.30. The van der Waals surface area contributed by atoms with E-state index in [0.29, 0.717) is 11.9 Å². The highest BCUT2D eigenvalue weighted by atomic mass is 15.0. The molecule has 17 heavy (non-hydrogen) atoms. The van der Waals surface area contributed by atoms with E-state index in [-0.39, 0.29) is 0 Å². The number of anilines is 2. The van der Waals surface area contributed by atoms with Crippen molar-refractivity contribution in [3.63, 3.8) is 0 Å². The fourth-order valence-corrected chi connectivity index (χ4v) is 3.66. The van der Waals surface area contributed by atoms with Gasteiger partial charge in [0.2, 0.25) is 0 Å². The van der Waals surface area contributed by atoms with Crippen LogP contribution in [0, 0.1) is 17.8 Å². The van der Waals surface area contributed by atoms with Crippen LogP contribution in [0.1, 0.15) is 32.6 Å². The third-order valence-electron chi connectivity index (χ3n) is 4.48. The molecular weight excluding hydrogens is 212 g/mol. The van der Waals surface area contributed by atoms with Crippen LogP contribution in [0.25, 0.3) is 0 Å². The van der Waals surface area contributed by atoms with Crippen molar-refractivity contribution in [2.75, 3.05) is 11.1 Å². The lowest BCUT2D eigenvalue weighted by Crippen LogP contribution is -2.30. The Bertz CT molecular complexity index is 389. The van der Waals surface area contributed by atoms with E-state index in [9.17, 15) is 0 Å². The lowest BCUT2D eigenvalue weighted by Gasteiger charge is -2.28. The minimum Gasteiger partial charge on any atom is -0.382 e. The average Bonchev–Trinajstić information content (AvgIpc) is 2.94. The van der Waals surface area contributed by atoms with Gasteiger partial charge in [0.1, 0.15) is 11.6 Å². The zero-order chi connectivity index (χ0) is 11.8. The van der Waals surface area contributed by atoms with Crippen LogP contribution in [0.3, 0.4) is 0 Å². The first-order valence-corrected chi connectivity index (χ1v) is 6.56. The number of nitrogens with zero attached hydrogens (tertiary/aromatic N) is 2. The Morgan fingerprint density at radius 1 is 1.29 bits per heavy atom. The Morgan fingerprint density at radius 3 is 2.76 bits per heavy atom. The van der Waals surface area contributed by atoms with Crippen LogP contribution in [0.15, 0.2) is 12.4 Å². The molecule has 0 spiro atoms. The van der Waals surface area contributed by atoms with Gasteiger partial charge in [0.15, 0.2) is 0 Å². The zero-order valence-electron chi connectivity index (χ0n) is 10.3. The van der Waals surface area contributed by atoms with Crippen molar-refractivity contribution in [2.45, 2.75) is 38.6 Å². The highest BCUT2D eigenvalue weighted by molar-refractivity contribution is 5.37. The molecule has 4 unspecified atom stereocenters. The number of nitrogens with two attached hydrogens (primary N) is 1. The smallest absolute Gasteiger partial charge is 0.144 e. The van der Waals surface area contributed by atoms with Crippen LogP contribution >= 0.6 is 0 Å². The molecule has 2 fully saturated rings. The molecule has 0 radical (unpaired) electrons. The lowest BCUT2D eigenvalue weighted by atomic mass is 9.84. The number of nitrogens with one attached hydrogen (secondary N) is 1. The van der Waals surface area contributed by atoms with E-state index in [1.165, 1.54) is 25.7 Å². The number of nitrogen functional groups attached to an aromatic ring is 1. The third kappa shape index (κ3) is 2.08. The van der Waals surface area contributed by atoms with Crippen molar-refractivity contribution in [2.24, 2.45) is 17.8 Å². The van der Waals surface area contributed by atoms with E-state index in [1.807, 2.05) is 0 Å². The quantitative estimate of drug-likeness (QED) is 0.839. The van der Waals surface area contributed by atoms with Gasteiger partial charge in [-0.2, -0.15) is 0 Å². The summed E-state index contributed by atoms with van der Waals surface area (Å²) < 4.78 is 0. The summed E-state index contributed by atoms with van der Waals surface area (Å²) in [5, 5.41) is 3.47. The van der Waals surface area contributed by atoms with Crippen LogP contribution in [0.5, 0.6) is 0 Å². The fourth-order valence-electron chi connectivity index (χ4n) is 3.66. The molecule has 2 saturated carbocycles. The highest BCUT2D eigenvalue weighted by Crippen LogP contribution is 2.49. The number of hydrogen-bond donors (Lipinski definition) is 2. The molecule has 3 N–H and O–H groups in total. The standard InChI is InChI=1S/C13H20N4/c1-8(11-5-9-2-3-10(11)4-9)17-13-7-15-12(14)6-16-13/h6-11H,2-5H2,1H3,(H2,14,15)(H,16,17). The molecular formula is C13H20N4. The van der Waals surface area contributed by atoms with Crippen molar-refractivity contribution in [3.05, 3.63) is 12.4 Å². The summed E-state index contributed by atoms with van der Waals surface area (Å²) in [5.41, 5.74) is 5.53. The van der Waals surface area contributed by atoms with E-state index in [2.05, 4.69) is 22.2 Å². The number of hydrogen-bond acceptors (Lipinski definition) is 4. The molecule has 2 bridgehead atoms. The summed E-state index contributed by atoms with van der Waals surface area (Å²) in [5.74, 6) is 4.06. The van der Waals surface area contributed by atoms with Crippen LogP contribution in [0.4, 0.5) is 11.6 Å². The first kappa shape index (κ1) is 10.8. The maximum Gasteiger partial charge on any atom is 0.144 e. The zero-order valence-corrected chi connectivity index (χ0v) is 10.3. The van der Waals surface area contributed by atoms with Crippen molar-refractivity contribution < 1.29 is 0 Å². The maximum atomic E-state index is 5.53. The van der Waals surface area contributed by atoms with E-state index in [4.69, 9.17) is 5.73 Å². The average molecular weight is 232 g/mol. The minimum absolute atomic E-state index is 0.475. The summed E-state index contributed by atoms with van der Waals surface area (Å²) in [6, 6.07) is 0.489. The van der Waals surface area contributed by atoms with Gasteiger partial charge >= 0.3 is 0 Å². The van der Waals surface area contributed by atoms with Crippen molar-refractivity contribution >= 4 is 11.6 Å². The van der Waals surface area contributed by atoms with Crippen molar-refractivity contribution in [1.82, 2.24) is 9.97 Å². The van der Waals surface area contributed by atoms with E-state index in [0.717, 1.165) is 23.6 Å². The number of aromatic nitrogens is 2. The van der Waals surface area contributed by atoms with Crippen molar-refractivity contribution in [3.8, 4) is 0 Å². The van der Waals surface area contributed by atoms with Gasteiger partial charge in [-0.1, -0.05) is 6.42 Å². The summed E-state index contributed by atoms with van der Waals surface area (Å²) in [6.45, 7) is 2.27. The Kier molecular flexibility index (Phi) is 2.65. The van der Waals surface area contributed by atoms with E-state index >= 15 is 0 Å². The summed E-state index contributed by atoms with van der Waals surface area (Å²) >= 11 is 0. The van der Waals surface area contributed by atoms with Crippen LogP contribution in [-0.4, -0.2) is 16.0 Å². The second-order valence-electron chi connectivity index (χ2n) is 5.60. The monoisotopic (exact) mass is 232 g/mol. The molecule has 1 aromatic heterocycles.